The normalized spacial score (nSPS) is 16.9. The average molecular weight is 306 g/mol. The van der Waals surface area contributed by atoms with Gasteiger partial charge in [0.2, 0.25) is 15.9 Å². The molecule has 8 heteroatoms. The van der Waals surface area contributed by atoms with Gasteiger partial charge in [0.05, 0.1) is 12.1 Å². The number of amides is 1. The van der Waals surface area contributed by atoms with E-state index >= 15 is 0 Å². The molecule has 3 N–H and O–H groups in total. The fourth-order valence-corrected chi connectivity index (χ4v) is 3.88. The van der Waals surface area contributed by atoms with Gasteiger partial charge in [0.15, 0.2) is 0 Å². The van der Waals surface area contributed by atoms with Crippen molar-refractivity contribution >= 4 is 32.5 Å². The number of nitrogens with two attached hydrogens (primary N) is 1. The Morgan fingerprint density at radius 2 is 2.10 bits per heavy atom. The van der Waals surface area contributed by atoms with Crippen molar-refractivity contribution < 1.29 is 13.2 Å². The summed E-state index contributed by atoms with van der Waals surface area (Å²) in [5, 5.41) is 3.18. The Morgan fingerprint density at radius 1 is 1.29 bits per heavy atom. The molecule has 1 saturated heterocycles. The van der Waals surface area contributed by atoms with Crippen molar-refractivity contribution in [2.75, 3.05) is 25.4 Å². The van der Waals surface area contributed by atoms with Crippen LogP contribution in [0, 0.1) is 0 Å². The number of rotatable bonds is 2. The number of hydrogen-bond acceptors (Lipinski definition) is 5. The summed E-state index contributed by atoms with van der Waals surface area (Å²) >= 11 is 0. The van der Waals surface area contributed by atoms with Crippen molar-refractivity contribution in [3.05, 3.63) is 30.5 Å². The van der Waals surface area contributed by atoms with Crippen LogP contribution in [0.15, 0.2) is 35.4 Å². The van der Waals surface area contributed by atoms with E-state index < -0.39 is 10.0 Å². The van der Waals surface area contributed by atoms with Crippen LogP contribution in [0.2, 0.25) is 0 Å². The largest absolute Gasteiger partial charge is 0.398 e. The van der Waals surface area contributed by atoms with Crippen molar-refractivity contribution in [1.29, 1.82) is 0 Å². The van der Waals surface area contributed by atoms with Gasteiger partial charge in [-0.15, -0.1) is 0 Å². The van der Waals surface area contributed by atoms with E-state index in [2.05, 4.69) is 10.3 Å². The zero-order valence-corrected chi connectivity index (χ0v) is 11.9. The van der Waals surface area contributed by atoms with Crippen molar-refractivity contribution in [2.24, 2.45) is 0 Å². The van der Waals surface area contributed by atoms with Gasteiger partial charge in [-0.05, 0) is 24.3 Å². The van der Waals surface area contributed by atoms with E-state index in [1.807, 2.05) is 0 Å². The monoisotopic (exact) mass is 306 g/mol. The molecule has 0 aliphatic carbocycles. The zero-order valence-electron chi connectivity index (χ0n) is 11.1. The highest BCUT2D eigenvalue weighted by molar-refractivity contribution is 7.89. The number of nitrogens with one attached hydrogen (secondary N) is 1. The number of carbonyl (C=O) groups is 1. The molecular weight excluding hydrogens is 292 g/mol. The Balaban J connectivity index is 2.15. The smallest absolute Gasteiger partial charge is 0.245 e. The number of benzene rings is 1. The quantitative estimate of drug-likeness (QED) is 0.756. The summed E-state index contributed by atoms with van der Waals surface area (Å²) in [4.78, 5) is 15.6. The maximum atomic E-state index is 12.7. The molecule has 0 atom stereocenters. The van der Waals surface area contributed by atoms with E-state index in [9.17, 15) is 13.2 Å². The third kappa shape index (κ3) is 2.32. The first-order valence-corrected chi connectivity index (χ1v) is 7.84. The fraction of sp³-hybridized carbons (Fsp3) is 0.231. The molecule has 1 aromatic heterocycles. The molecule has 0 radical (unpaired) electrons. The molecule has 0 unspecified atom stereocenters. The Labute approximate surface area is 121 Å². The second-order valence-corrected chi connectivity index (χ2v) is 6.65. The molecule has 0 saturated carbocycles. The minimum Gasteiger partial charge on any atom is -0.398 e. The van der Waals surface area contributed by atoms with Crippen LogP contribution in [0.1, 0.15) is 0 Å². The van der Waals surface area contributed by atoms with Gasteiger partial charge in [-0.25, -0.2) is 8.42 Å². The molecule has 110 valence electrons. The average Bonchev–Trinajstić information content (AvgIpc) is 2.47. The predicted molar refractivity (Wildman–Crippen MR) is 77.9 cm³/mol. The molecule has 3 rings (SSSR count). The lowest BCUT2D eigenvalue weighted by molar-refractivity contribution is -0.122. The molecule has 1 fully saturated rings. The minimum absolute atomic E-state index is 0.0713. The summed E-state index contributed by atoms with van der Waals surface area (Å²) in [5.74, 6) is -0.308. The van der Waals surface area contributed by atoms with E-state index in [1.54, 1.807) is 18.2 Å². The summed E-state index contributed by atoms with van der Waals surface area (Å²) in [6, 6.07) is 6.40. The van der Waals surface area contributed by atoms with Gasteiger partial charge in [0.1, 0.15) is 4.90 Å². The third-order valence-corrected chi connectivity index (χ3v) is 5.26. The molecule has 2 heterocycles. The molecule has 0 spiro atoms. The molecule has 2 aromatic rings. The number of carbonyl (C=O) groups excluding carboxylic acids is 1. The van der Waals surface area contributed by atoms with E-state index in [4.69, 9.17) is 5.73 Å². The minimum atomic E-state index is -3.78. The van der Waals surface area contributed by atoms with Crippen LogP contribution >= 0.6 is 0 Å². The summed E-state index contributed by atoms with van der Waals surface area (Å²) in [6.07, 6.45) is 1.52. The molecule has 1 aromatic carbocycles. The molecule has 1 aliphatic heterocycles. The lowest BCUT2D eigenvalue weighted by Crippen LogP contribution is -2.49. The number of nitrogens with zero attached hydrogens (tertiary/aromatic N) is 2. The molecule has 21 heavy (non-hydrogen) atoms. The van der Waals surface area contributed by atoms with Crippen LogP contribution in [0.4, 0.5) is 5.69 Å². The molecule has 7 nitrogen and oxygen atoms in total. The summed E-state index contributed by atoms with van der Waals surface area (Å²) < 4.78 is 26.6. The number of anilines is 1. The SMILES string of the molecule is Nc1ccc(S(=O)(=O)N2CCNC(=O)C2)c2ncccc12. The van der Waals surface area contributed by atoms with Gasteiger partial charge in [0.25, 0.3) is 0 Å². The number of piperazine rings is 1. The Kier molecular flexibility index (Phi) is 3.26. The second-order valence-electron chi connectivity index (χ2n) is 4.74. The van der Waals surface area contributed by atoms with Gasteiger partial charge in [-0.1, -0.05) is 0 Å². The number of fused-ring (bicyclic) bond motifs is 1. The van der Waals surface area contributed by atoms with Gasteiger partial charge < -0.3 is 11.1 Å². The molecular formula is C13H14N4O3S. The maximum absolute atomic E-state index is 12.7. The van der Waals surface area contributed by atoms with Crippen LogP contribution in [0.5, 0.6) is 0 Å². The number of hydrogen-bond donors (Lipinski definition) is 2. The Bertz CT molecular complexity index is 819. The van der Waals surface area contributed by atoms with Gasteiger partial charge >= 0.3 is 0 Å². The molecule has 1 amide bonds. The van der Waals surface area contributed by atoms with Gasteiger partial charge in [-0.3, -0.25) is 9.78 Å². The highest BCUT2D eigenvalue weighted by atomic mass is 32.2. The lowest BCUT2D eigenvalue weighted by Gasteiger charge is -2.26. The lowest BCUT2D eigenvalue weighted by atomic mass is 10.2. The standard InChI is InChI=1S/C13H14N4O3S/c14-10-3-4-11(13-9(10)2-1-5-16-13)21(19,20)17-7-6-15-12(18)8-17/h1-5H,6-8,14H2,(H,15,18). The van der Waals surface area contributed by atoms with Gasteiger partial charge in [0, 0.05) is 30.4 Å². The van der Waals surface area contributed by atoms with E-state index in [0.717, 1.165) is 4.31 Å². The molecule has 1 aliphatic rings. The van der Waals surface area contributed by atoms with E-state index in [0.29, 0.717) is 23.1 Å². The topological polar surface area (TPSA) is 105 Å². The summed E-state index contributed by atoms with van der Waals surface area (Å²) in [6.45, 7) is 0.367. The number of pyridine rings is 1. The molecule has 0 bridgehead atoms. The Hall–Kier alpha value is -2.19. The number of sulfonamides is 1. The van der Waals surface area contributed by atoms with Crippen LogP contribution in [0.25, 0.3) is 10.9 Å². The zero-order chi connectivity index (χ0) is 15.0. The van der Waals surface area contributed by atoms with E-state index in [-0.39, 0.29) is 23.9 Å². The van der Waals surface area contributed by atoms with Crippen molar-refractivity contribution in [2.45, 2.75) is 4.90 Å². The summed E-state index contributed by atoms with van der Waals surface area (Å²) in [7, 11) is -3.78. The van der Waals surface area contributed by atoms with Crippen molar-refractivity contribution in [3.63, 3.8) is 0 Å². The number of nitrogen functional groups attached to an aromatic ring is 1. The third-order valence-electron chi connectivity index (χ3n) is 3.39. The van der Waals surface area contributed by atoms with Crippen LogP contribution in [0.3, 0.4) is 0 Å². The highest BCUT2D eigenvalue weighted by Crippen LogP contribution is 2.28. The van der Waals surface area contributed by atoms with Crippen molar-refractivity contribution in [3.8, 4) is 0 Å². The predicted octanol–water partition coefficient (Wildman–Crippen LogP) is -0.0625. The van der Waals surface area contributed by atoms with Crippen LogP contribution in [-0.2, 0) is 14.8 Å². The first-order chi connectivity index (χ1) is 10.00. The van der Waals surface area contributed by atoms with Gasteiger partial charge in [-0.2, -0.15) is 4.31 Å². The first-order valence-electron chi connectivity index (χ1n) is 6.40. The number of aromatic nitrogens is 1. The maximum Gasteiger partial charge on any atom is 0.245 e. The highest BCUT2D eigenvalue weighted by Gasteiger charge is 2.31. The van der Waals surface area contributed by atoms with Crippen molar-refractivity contribution in [1.82, 2.24) is 14.6 Å². The Morgan fingerprint density at radius 3 is 2.86 bits per heavy atom. The van der Waals surface area contributed by atoms with E-state index in [1.165, 1.54) is 12.3 Å². The van der Waals surface area contributed by atoms with Crippen LogP contribution < -0.4 is 11.1 Å². The fourth-order valence-electron chi connectivity index (χ4n) is 2.34. The second kappa shape index (κ2) is 4.97. The summed E-state index contributed by atoms with van der Waals surface area (Å²) in [5.41, 5.74) is 6.65. The first kappa shape index (κ1) is 13.8. The van der Waals surface area contributed by atoms with Crippen LogP contribution in [-0.4, -0.2) is 43.2 Å².